The molecule has 2 aromatic heterocycles. The molecule has 0 aromatic carbocycles. The lowest BCUT2D eigenvalue weighted by Crippen LogP contribution is -2.25. The Labute approximate surface area is 202 Å². The molecule has 2 N–H and O–H groups in total. The van der Waals surface area contributed by atoms with Crippen LogP contribution < -0.4 is 0 Å². The van der Waals surface area contributed by atoms with Gasteiger partial charge in [0.15, 0.2) is 6.29 Å². The number of methoxy groups -OCH3 is 3. The number of rotatable bonds is 8. The predicted molar refractivity (Wildman–Crippen MR) is 137 cm³/mol. The standard InChI is InChI=1S/C27H36N4O3/c1-26(2)15-20(30-22(26)13-17-9-8-12-28-17)24(32-5)19-11-10-18(29-19)14-23-27(3,4)16-21(31-23)25(33-6)34-7/h8-14,24-25,28-29H,15-16H2,1-7H3/b22-13-,23-14-. The SMILES string of the molecule is COC(OC)C1=N/C(=C\c2ccc(C(OC)C3=N/C(=C\c4ccc[nH]4)C(C)(C)C3)[nH]2)C(C)(C)C1. The van der Waals surface area contributed by atoms with Crippen LogP contribution in [0.1, 0.15) is 63.7 Å². The highest BCUT2D eigenvalue weighted by molar-refractivity contribution is 5.94. The molecule has 1 atom stereocenters. The van der Waals surface area contributed by atoms with Gasteiger partial charge in [0.25, 0.3) is 0 Å². The van der Waals surface area contributed by atoms with E-state index in [1.54, 1.807) is 21.3 Å². The van der Waals surface area contributed by atoms with Crippen LogP contribution in [-0.4, -0.2) is 49.0 Å². The number of nitrogens with one attached hydrogen (secondary N) is 2. The second-order valence-electron chi connectivity index (χ2n) is 10.3. The van der Waals surface area contributed by atoms with E-state index in [2.05, 4.69) is 68.0 Å². The molecule has 0 amide bonds. The van der Waals surface area contributed by atoms with Gasteiger partial charge in [-0.2, -0.15) is 0 Å². The Morgan fingerprint density at radius 2 is 1.44 bits per heavy atom. The zero-order valence-electron chi connectivity index (χ0n) is 21.2. The minimum absolute atomic E-state index is 0.0627. The summed E-state index contributed by atoms with van der Waals surface area (Å²) in [5.41, 5.74) is 6.84. The number of aromatic nitrogens is 2. The number of hydrogen-bond donors (Lipinski definition) is 2. The van der Waals surface area contributed by atoms with Crippen molar-refractivity contribution in [3.63, 3.8) is 0 Å². The molecule has 0 fully saturated rings. The van der Waals surface area contributed by atoms with Crippen LogP contribution in [0.3, 0.4) is 0 Å². The van der Waals surface area contributed by atoms with Crippen LogP contribution >= 0.6 is 0 Å². The van der Waals surface area contributed by atoms with Gasteiger partial charge in [-0.05, 0) is 42.8 Å². The predicted octanol–water partition coefficient (Wildman–Crippen LogP) is 5.77. The van der Waals surface area contributed by atoms with Gasteiger partial charge < -0.3 is 24.2 Å². The highest BCUT2D eigenvalue weighted by Crippen LogP contribution is 2.43. The molecule has 0 radical (unpaired) electrons. The molecule has 0 spiro atoms. The maximum atomic E-state index is 5.92. The largest absolute Gasteiger partial charge is 0.369 e. The lowest BCUT2D eigenvalue weighted by atomic mass is 9.85. The first kappa shape index (κ1) is 24.4. The summed E-state index contributed by atoms with van der Waals surface area (Å²) in [6, 6.07) is 8.19. The molecule has 4 heterocycles. The Balaban J connectivity index is 1.60. The van der Waals surface area contributed by atoms with Crippen LogP contribution in [0, 0.1) is 10.8 Å². The average molecular weight is 465 g/mol. The Morgan fingerprint density at radius 3 is 2.03 bits per heavy atom. The molecule has 2 aliphatic rings. The Bertz CT molecular complexity index is 1130. The van der Waals surface area contributed by atoms with E-state index in [0.717, 1.165) is 52.7 Å². The molecule has 0 saturated heterocycles. The normalized spacial score (nSPS) is 22.6. The van der Waals surface area contributed by atoms with Crippen molar-refractivity contribution in [1.82, 2.24) is 9.97 Å². The maximum Gasteiger partial charge on any atom is 0.196 e. The van der Waals surface area contributed by atoms with E-state index < -0.39 is 6.29 Å². The molecule has 4 rings (SSSR count). The van der Waals surface area contributed by atoms with E-state index in [1.165, 1.54) is 0 Å². The fraction of sp³-hybridized carbons (Fsp3) is 0.481. The van der Waals surface area contributed by atoms with Gasteiger partial charge in [-0.25, -0.2) is 0 Å². The molecule has 0 saturated carbocycles. The Kier molecular flexibility index (Phi) is 6.80. The van der Waals surface area contributed by atoms with Gasteiger partial charge in [0, 0.05) is 67.6 Å². The van der Waals surface area contributed by atoms with E-state index in [0.29, 0.717) is 0 Å². The lowest BCUT2D eigenvalue weighted by molar-refractivity contribution is -0.0532. The zero-order chi connectivity index (χ0) is 24.5. The van der Waals surface area contributed by atoms with Gasteiger partial charge in [0.1, 0.15) is 6.10 Å². The monoisotopic (exact) mass is 464 g/mol. The first-order valence-electron chi connectivity index (χ1n) is 11.7. The summed E-state index contributed by atoms with van der Waals surface area (Å²) < 4.78 is 16.8. The van der Waals surface area contributed by atoms with E-state index >= 15 is 0 Å². The van der Waals surface area contributed by atoms with Crippen molar-refractivity contribution >= 4 is 23.6 Å². The fourth-order valence-electron chi connectivity index (χ4n) is 4.73. The molecule has 0 aliphatic carbocycles. The quantitative estimate of drug-likeness (QED) is 0.486. The molecular weight excluding hydrogens is 428 g/mol. The van der Waals surface area contributed by atoms with Crippen molar-refractivity contribution in [2.24, 2.45) is 20.8 Å². The van der Waals surface area contributed by atoms with Crippen LogP contribution in [0.25, 0.3) is 12.2 Å². The molecule has 7 heteroatoms. The maximum absolute atomic E-state index is 5.92. The summed E-state index contributed by atoms with van der Waals surface area (Å²) in [7, 11) is 5.01. The van der Waals surface area contributed by atoms with Crippen molar-refractivity contribution in [1.29, 1.82) is 0 Å². The highest BCUT2D eigenvalue weighted by Gasteiger charge is 2.37. The Morgan fingerprint density at radius 1 is 0.824 bits per heavy atom. The highest BCUT2D eigenvalue weighted by atomic mass is 16.7. The van der Waals surface area contributed by atoms with Gasteiger partial charge in [-0.15, -0.1) is 0 Å². The topological polar surface area (TPSA) is 84.0 Å². The summed E-state index contributed by atoms with van der Waals surface area (Å²) in [6.45, 7) is 8.82. The molecule has 182 valence electrons. The smallest absolute Gasteiger partial charge is 0.196 e. The second-order valence-corrected chi connectivity index (χ2v) is 10.3. The first-order chi connectivity index (χ1) is 16.2. The molecule has 2 aliphatic heterocycles. The third-order valence-corrected chi connectivity index (χ3v) is 6.62. The van der Waals surface area contributed by atoms with E-state index in [9.17, 15) is 0 Å². The fourth-order valence-corrected chi connectivity index (χ4v) is 4.73. The summed E-state index contributed by atoms with van der Waals surface area (Å²) >= 11 is 0. The van der Waals surface area contributed by atoms with Crippen LogP contribution in [0.5, 0.6) is 0 Å². The average Bonchev–Trinajstić information content (AvgIpc) is 3.55. The van der Waals surface area contributed by atoms with E-state index in [-0.39, 0.29) is 16.9 Å². The van der Waals surface area contributed by atoms with Crippen LogP contribution in [0.15, 0.2) is 51.8 Å². The zero-order valence-corrected chi connectivity index (χ0v) is 21.2. The van der Waals surface area contributed by atoms with Crippen molar-refractivity contribution in [3.05, 3.63) is 58.9 Å². The van der Waals surface area contributed by atoms with Crippen LogP contribution in [0.2, 0.25) is 0 Å². The summed E-state index contributed by atoms with van der Waals surface area (Å²) in [4.78, 5) is 16.6. The van der Waals surface area contributed by atoms with Crippen LogP contribution in [0.4, 0.5) is 0 Å². The van der Waals surface area contributed by atoms with Crippen molar-refractivity contribution in [2.45, 2.75) is 52.9 Å². The number of aliphatic imine (C=N–C) groups is 2. The number of aromatic amines is 2. The third kappa shape index (κ3) is 4.87. The molecule has 2 aromatic rings. The van der Waals surface area contributed by atoms with Crippen molar-refractivity contribution in [3.8, 4) is 0 Å². The van der Waals surface area contributed by atoms with Crippen molar-refractivity contribution < 1.29 is 14.2 Å². The minimum Gasteiger partial charge on any atom is -0.369 e. The van der Waals surface area contributed by atoms with Gasteiger partial charge in [0.05, 0.1) is 17.1 Å². The molecule has 7 nitrogen and oxygen atoms in total. The molecule has 34 heavy (non-hydrogen) atoms. The number of ether oxygens (including phenoxy) is 3. The summed E-state index contributed by atoms with van der Waals surface area (Å²) in [6.07, 6.45) is 7.13. The van der Waals surface area contributed by atoms with Crippen molar-refractivity contribution in [2.75, 3.05) is 21.3 Å². The number of allylic oxidation sites excluding steroid dienone is 2. The molecule has 0 bridgehead atoms. The van der Waals surface area contributed by atoms with E-state index in [4.69, 9.17) is 24.2 Å². The van der Waals surface area contributed by atoms with Gasteiger partial charge in [-0.3, -0.25) is 9.98 Å². The summed E-state index contributed by atoms with van der Waals surface area (Å²) in [5, 5.41) is 0. The molecular formula is C27H36N4O3. The van der Waals surface area contributed by atoms with Crippen LogP contribution in [-0.2, 0) is 14.2 Å². The van der Waals surface area contributed by atoms with E-state index in [1.807, 2.05) is 12.3 Å². The number of nitrogens with zero attached hydrogens (tertiary/aromatic N) is 2. The number of hydrogen-bond acceptors (Lipinski definition) is 5. The second kappa shape index (κ2) is 9.49. The summed E-state index contributed by atoms with van der Waals surface area (Å²) in [5.74, 6) is 0. The first-order valence-corrected chi connectivity index (χ1v) is 11.7. The minimum atomic E-state index is -0.417. The number of H-pyrrole nitrogens is 2. The third-order valence-electron chi connectivity index (χ3n) is 6.62. The molecule has 1 unspecified atom stereocenters. The van der Waals surface area contributed by atoms with Gasteiger partial charge in [-0.1, -0.05) is 27.7 Å². The van der Waals surface area contributed by atoms with Gasteiger partial charge in [0.2, 0.25) is 0 Å². The lowest BCUT2D eigenvalue weighted by Gasteiger charge is -2.20. The Hall–Kier alpha value is -2.74. The van der Waals surface area contributed by atoms with Gasteiger partial charge >= 0.3 is 0 Å².